The van der Waals surface area contributed by atoms with Crippen molar-refractivity contribution in [3.8, 4) is 0 Å². The Kier molecular flexibility index (Phi) is 33.1. The van der Waals surface area contributed by atoms with Crippen molar-refractivity contribution in [1.82, 2.24) is 0 Å². The number of carboxylic acids is 1. The summed E-state index contributed by atoms with van der Waals surface area (Å²) in [5.74, 6) is -0.638. The smallest absolute Gasteiger partial charge is 0.306 e. The Morgan fingerprint density at radius 1 is 0.500 bits per heavy atom. The van der Waals surface area contributed by atoms with Crippen molar-refractivity contribution in [3.63, 3.8) is 0 Å². The SMILES string of the molecule is CCCCCC/C=C\CCCCCCCC(=O)OC(CCCCCC)CCCCCCCCCCCCCCC(=O)O. The molecule has 0 aromatic rings. The quantitative estimate of drug-likeness (QED) is 0.0458. The number of unbranched alkanes of at least 4 members (excludes halogenated alkanes) is 23. The molecule has 0 aromatic carbocycles. The van der Waals surface area contributed by atoms with E-state index in [4.69, 9.17) is 9.84 Å². The molecule has 0 bridgehead atoms. The van der Waals surface area contributed by atoms with Crippen LogP contribution in [0.2, 0.25) is 0 Å². The Hall–Kier alpha value is -1.32. The minimum atomic E-state index is -0.669. The van der Waals surface area contributed by atoms with Crippen LogP contribution in [0, 0.1) is 0 Å². The van der Waals surface area contributed by atoms with E-state index in [1.165, 1.54) is 148 Å². The molecule has 0 saturated carbocycles. The number of hydrogen-bond acceptors (Lipinski definition) is 3. The van der Waals surface area contributed by atoms with Gasteiger partial charge in [0.05, 0.1) is 0 Å². The number of carboxylic acid groups (broad SMARTS) is 1. The second-order valence-electron chi connectivity index (χ2n) is 12.8. The van der Waals surface area contributed by atoms with Crippen LogP contribution in [-0.4, -0.2) is 23.1 Å². The van der Waals surface area contributed by atoms with Gasteiger partial charge in [-0.1, -0.05) is 148 Å². The van der Waals surface area contributed by atoms with Gasteiger partial charge in [-0.3, -0.25) is 9.59 Å². The molecule has 0 radical (unpaired) electrons. The Balaban J connectivity index is 3.82. The van der Waals surface area contributed by atoms with E-state index in [2.05, 4.69) is 26.0 Å². The first kappa shape index (κ1) is 40.7. The monoisotopic (exact) mass is 593 g/mol. The van der Waals surface area contributed by atoms with E-state index >= 15 is 0 Å². The van der Waals surface area contributed by atoms with Crippen LogP contribution < -0.4 is 0 Å². The highest BCUT2D eigenvalue weighted by Crippen LogP contribution is 2.18. The highest BCUT2D eigenvalue weighted by atomic mass is 16.5. The molecule has 42 heavy (non-hydrogen) atoms. The highest BCUT2D eigenvalue weighted by Gasteiger charge is 2.14. The minimum Gasteiger partial charge on any atom is -0.481 e. The fourth-order valence-corrected chi connectivity index (χ4v) is 5.71. The summed E-state index contributed by atoms with van der Waals surface area (Å²) in [4.78, 5) is 23.1. The number of allylic oxidation sites excluding steroid dienone is 2. The third-order valence-corrected chi connectivity index (χ3v) is 8.49. The molecule has 0 aliphatic carbocycles. The van der Waals surface area contributed by atoms with Crippen LogP contribution in [0.5, 0.6) is 0 Å². The highest BCUT2D eigenvalue weighted by molar-refractivity contribution is 5.69. The number of ether oxygens (including phenoxy) is 1. The topological polar surface area (TPSA) is 63.6 Å². The zero-order chi connectivity index (χ0) is 30.8. The first-order valence-corrected chi connectivity index (χ1v) is 18.7. The molecule has 0 amide bonds. The molecular formula is C38H72O4. The van der Waals surface area contributed by atoms with Gasteiger partial charge in [0.2, 0.25) is 0 Å². The van der Waals surface area contributed by atoms with Crippen molar-refractivity contribution < 1.29 is 19.4 Å². The Morgan fingerprint density at radius 2 is 0.857 bits per heavy atom. The summed E-state index contributed by atoms with van der Waals surface area (Å²) in [6, 6.07) is 0. The van der Waals surface area contributed by atoms with Gasteiger partial charge in [-0.05, 0) is 64.2 Å². The van der Waals surface area contributed by atoms with Gasteiger partial charge in [0.15, 0.2) is 0 Å². The van der Waals surface area contributed by atoms with Gasteiger partial charge >= 0.3 is 11.9 Å². The van der Waals surface area contributed by atoms with E-state index < -0.39 is 5.97 Å². The summed E-state index contributed by atoms with van der Waals surface area (Å²) in [6.07, 6.45) is 41.1. The molecule has 0 aliphatic heterocycles. The van der Waals surface area contributed by atoms with Crippen LogP contribution in [0.4, 0.5) is 0 Å². The molecule has 0 saturated heterocycles. The number of aliphatic carboxylic acids is 1. The number of esters is 1. The fourth-order valence-electron chi connectivity index (χ4n) is 5.71. The minimum absolute atomic E-state index is 0.0309. The summed E-state index contributed by atoms with van der Waals surface area (Å²) in [6.45, 7) is 4.51. The molecule has 1 atom stereocenters. The molecule has 0 heterocycles. The average Bonchev–Trinajstić information content (AvgIpc) is 2.97. The molecule has 0 fully saturated rings. The van der Waals surface area contributed by atoms with Crippen LogP contribution >= 0.6 is 0 Å². The van der Waals surface area contributed by atoms with E-state index in [1.54, 1.807) is 0 Å². The van der Waals surface area contributed by atoms with Crippen molar-refractivity contribution in [3.05, 3.63) is 12.2 Å². The lowest BCUT2D eigenvalue weighted by Crippen LogP contribution is -2.18. The first-order chi connectivity index (χ1) is 20.6. The van der Waals surface area contributed by atoms with E-state index in [-0.39, 0.29) is 12.1 Å². The van der Waals surface area contributed by atoms with Gasteiger partial charge < -0.3 is 9.84 Å². The summed E-state index contributed by atoms with van der Waals surface area (Å²) in [5.41, 5.74) is 0. The zero-order valence-electron chi connectivity index (χ0n) is 28.3. The van der Waals surface area contributed by atoms with E-state index in [0.29, 0.717) is 12.8 Å². The maximum absolute atomic E-state index is 12.5. The normalized spacial score (nSPS) is 12.2. The summed E-state index contributed by atoms with van der Waals surface area (Å²) >= 11 is 0. The predicted octanol–water partition coefficient (Wildman–Crippen LogP) is 12.7. The molecule has 0 aliphatic rings. The van der Waals surface area contributed by atoms with Crippen molar-refractivity contribution in [1.29, 1.82) is 0 Å². The van der Waals surface area contributed by atoms with Crippen LogP contribution in [0.15, 0.2) is 12.2 Å². The largest absolute Gasteiger partial charge is 0.481 e. The van der Waals surface area contributed by atoms with Crippen molar-refractivity contribution in [2.75, 3.05) is 0 Å². The van der Waals surface area contributed by atoms with Crippen molar-refractivity contribution in [2.24, 2.45) is 0 Å². The Bertz CT molecular complexity index is 600. The van der Waals surface area contributed by atoms with Gasteiger partial charge in [-0.25, -0.2) is 0 Å². The summed E-state index contributed by atoms with van der Waals surface area (Å²) < 4.78 is 5.98. The Morgan fingerprint density at radius 3 is 1.31 bits per heavy atom. The molecule has 4 nitrogen and oxygen atoms in total. The molecule has 0 rings (SSSR count). The summed E-state index contributed by atoms with van der Waals surface area (Å²) in [5, 5.41) is 8.67. The molecule has 1 N–H and O–H groups in total. The zero-order valence-corrected chi connectivity index (χ0v) is 28.3. The third kappa shape index (κ3) is 33.2. The van der Waals surface area contributed by atoms with Crippen LogP contribution in [0.25, 0.3) is 0 Å². The van der Waals surface area contributed by atoms with E-state index in [1.807, 2.05) is 0 Å². The molecule has 0 spiro atoms. The third-order valence-electron chi connectivity index (χ3n) is 8.49. The molecule has 0 aromatic heterocycles. The van der Waals surface area contributed by atoms with Gasteiger partial charge in [0.1, 0.15) is 6.10 Å². The van der Waals surface area contributed by atoms with Crippen molar-refractivity contribution in [2.45, 2.75) is 219 Å². The van der Waals surface area contributed by atoms with E-state index in [0.717, 1.165) is 38.5 Å². The number of rotatable bonds is 34. The molecule has 1 unspecified atom stereocenters. The number of hydrogen-bond donors (Lipinski definition) is 1. The predicted molar refractivity (Wildman–Crippen MR) is 181 cm³/mol. The average molecular weight is 593 g/mol. The second-order valence-corrected chi connectivity index (χ2v) is 12.8. The molecular weight excluding hydrogens is 520 g/mol. The lowest BCUT2D eigenvalue weighted by Gasteiger charge is -2.18. The van der Waals surface area contributed by atoms with Gasteiger partial charge in [-0.15, -0.1) is 0 Å². The van der Waals surface area contributed by atoms with Crippen molar-refractivity contribution >= 4 is 11.9 Å². The standard InChI is InChI=1S/C38H72O4/c1-3-5-7-9-10-11-12-13-18-21-24-27-31-35-38(41)42-36(32-28-8-6-4-2)33-29-25-22-19-16-14-15-17-20-23-26-30-34-37(39)40/h11-12,36H,3-10,13-35H2,1-2H3,(H,39,40)/b12-11-. The maximum Gasteiger partial charge on any atom is 0.306 e. The maximum atomic E-state index is 12.5. The van der Waals surface area contributed by atoms with Crippen LogP contribution in [0.1, 0.15) is 213 Å². The van der Waals surface area contributed by atoms with E-state index in [9.17, 15) is 9.59 Å². The Labute approximate surface area is 262 Å². The molecule has 248 valence electrons. The van der Waals surface area contributed by atoms with Gasteiger partial charge in [0.25, 0.3) is 0 Å². The fraction of sp³-hybridized carbons (Fsp3) is 0.895. The van der Waals surface area contributed by atoms with Crippen LogP contribution in [0.3, 0.4) is 0 Å². The summed E-state index contributed by atoms with van der Waals surface area (Å²) in [7, 11) is 0. The number of carbonyl (C=O) groups is 2. The van der Waals surface area contributed by atoms with Crippen LogP contribution in [-0.2, 0) is 14.3 Å². The number of carbonyl (C=O) groups excluding carboxylic acids is 1. The lowest BCUT2D eigenvalue weighted by molar-refractivity contribution is -0.150. The van der Waals surface area contributed by atoms with Gasteiger partial charge in [-0.2, -0.15) is 0 Å². The first-order valence-electron chi connectivity index (χ1n) is 18.7. The molecule has 4 heteroatoms. The van der Waals surface area contributed by atoms with Gasteiger partial charge in [0, 0.05) is 12.8 Å². The lowest BCUT2D eigenvalue weighted by atomic mass is 10.0. The second kappa shape index (κ2) is 34.2.